The molecule has 1 aromatic carbocycles. The zero-order valence-electron chi connectivity index (χ0n) is 16.0. The number of carbonyl (C=O) groups excluding carboxylic acids is 1. The van der Waals surface area contributed by atoms with Crippen LogP contribution < -0.4 is 4.74 Å². The van der Waals surface area contributed by atoms with Gasteiger partial charge in [0.05, 0.1) is 12.3 Å². The second-order valence-electron chi connectivity index (χ2n) is 7.25. The minimum atomic E-state index is -3.29. The predicted octanol–water partition coefficient (Wildman–Crippen LogP) is 3.83. The van der Waals surface area contributed by atoms with E-state index >= 15 is 0 Å². The predicted molar refractivity (Wildman–Crippen MR) is 100 cm³/mol. The summed E-state index contributed by atoms with van der Waals surface area (Å²) < 4.78 is 44.5. The van der Waals surface area contributed by atoms with E-state index in [9.17, 15) is 18.0 Å². The molecule has 0 spiro atoms. The number of hydrogen-bond acceptors (Lipinski definition) is 4. The van der Waals surface area contributed by atoms with Crippen LogP contribution in [0.5, 0.6) is 5.75 Å². The highest BCUT2D eigenvalue weighted by Crippen LogP contribution is 2.22. The molecule has 1 aromatic rings. The van der Waals surface area contributed by atoms with E-state index in [2.05, 4.69) is 16.9 Å². The summed E-state index contributed by atoms with van der Waals surface area (Å²) in [5, 5.41) is 4.07. The first-order valence-electron chi connectivity index (χ1n) is 9.75. The first kappa shape index (κ1) is 20.6. The molecule has 2 aliphatic rings. The van der Waals surface area contributed by atoms with Crippen molar-refractivity contribution in [2.75, 3.05) is 19.7 Å². The van der Waals surface area contributed by atoms with Crippen molar-refractivity contribution in [2.45, 2.75) is 57.8 Å². The molecule has 1 amide bonds. The third-order valence-corrected chi connectivity index (χ3v) is 5.24. The highest BCUT2D eigenvalue weighted by atomic mass is 19.3. The average Bonchev–Trinajstić information content (AvgIpc) is 3.10. The molecular formula is C20H26F3N3O2. The molecule has 2 heterocycles. The van der Waals surface area contributed by atoms with Gasteiger partial charge in [0.15, 0.2) is 0 Å². The third kappa shape index (κ3) is 5.04. The fourth-order valence-electron chi connectivity index (χ4n) is 3.60. The number of likely N-dealkylation sites (tertiary alicyclic amines) is 1. The van der Waals surface area contributed by atoms with E-state index in [0.717, 1.165) is 19.5 Å². The van der Waals surface area contributed by atoms with Crippen molar-refractivity contribution in [1.82, 2.24) is 9.91 Å². The quantitative estimate of drug-likeness (QED) is 0.495. The van der Waals surface area contributed by atoms with Gasteiger partial charge in [-0.25, -0.2) is 13.2 Å². The van der Waals surface area contributed by atoms with Crippen LogP contribution in [0.3, 0.4) is 0 Å². The van der Waals surface area contributed by atoms with Gasteiger partial charge in [0.2, 0.25) is 5.91 Å². The topological polar surface area (TPSA) is 45.1 Å². The Bertz CT molecular complexity index is 696. The standard InChI is InChI=1S/C20H26F3N3O2/c1-14-4-2-11-25(14)12-3-13-28-16-7-5-15(6-8-16)17-9-10-18(27)26(24-17)20(23)19(21)22/h5-8,14,19-20H,2-4,9-13H2,1H3. The Morgan fingerprint density at radius 2 is 1.96 bits per heavy atom. The number of carbonyl (C=O) groups is 1. The number of halogens is 3. The van der Waals surface area contributed by atoms with Gasteiger partial charge < -0.3 is 9.64 Å². The first-order chi connectivity index (χ1) is 13.5. The Balaban J connectivity index is 1.53. The lowest BCUT2D eigenvalue weighted by Crippen LogP contribution is -2.41. The Kier molecular flexibility index (Phi) is 6.93. The summed E-state index contributed by atoms with van der Waals surface area (Å²) in [7, 11) is 0. The molecule has 0 N–H and O–H groups in total. The van der Waals surface area contributed by atoms with Crippen molar-refractivity contribution in [2.24, 2.45) is 5.10 Å². The molecule has 28 heavy (non-hydrogen) atoms. The van der Waals surface area contributed by atoms with Crippen LogP contribution in [0.2, 0.25) is 0 Å². The summed E-state index contributed by atoms with van der Waals surface area (Å²) in [6.45, 7) is 5.04. The number of ether oxygens (including phenoxy) is 1. The molecule has 2 aliphatic heterocycles. The van der Waals surface area contributed by atoms with Crippen molar-refractivity contribution in [3.63, 3.8) is 0 Å². The lowest BCUT2D eigenvalue weighted by Gasteiger charge is -2.26. The Morgan fingerprint density at radius 3 is 2.61 bits per heavy atom. The molecular weight excluding hydrogens is 371 g/mol. The number of hydrogen-bond donors (Lipinski definition) is 0. The van der Waals surface area contributed by atoms with E-state index in [1.54, 1.807) is 24.3 Å². The van der Waals surface area contributed by atoms with E-state index < -0.39 is 18.6 Å². The maximum Gasteiger partial charge on any atom is 0.289 e. The molecule has 0 saturated carbocycles. The molecule has 2 unspecified atom stereocenters. The molecule has 2 atom stereocenters. The maximum absolute atomic E-state index is 13.5. The highest BCUT2D eigenvalue weighted by Gasteiger charge is 2.34. The van der Waals surface area contributed by atoms with E-state index in [-0.39, 0.29) is 11.4 Å². The van der Waals surface area contributed by atoms with Crippen molar-refractivity contribution < 1.29 is 22.7 Å². The minimum absolute atomic E-state index is 0.0425. The summed E-state index contributed by atoms with van der Waals surface area (Å²) in [6, 6.07) is 7.70. The first-order valence-corrected chi connectivity index (χ1v) is 9.75. The third-order valence-electron chi connectivity index (χ3n) is 5.24. The van der Waals surface area contributed by atoms with Gasteiger partial charge in [0, 0.05) is 25.4 Å². The zero-order chi connectivity index (χ0) is 20.1. The molecule has 0 bridgehead atoms. The largest absolute Gasteiger partial charge is 0.494 e. The fraction of sp³-hybridized carbons (Fsp3) is 0.600. The van der Waals surface area contributed by atoms with Crippen LogP contribution >= 0.6 is 0 Å². The fourth-order valence-corrected chi connectivity index (χ4v) is 3.60. The molecule has 8 heteroatoms. The van der Waals surface area contributed by atoms with Gasteiger partial charge in [-0.15, -0.1) is 0 Å². The van der Waals surface area contributed by atoms with Crippen LogP contribution in [0.25, 0.3) is 0 Å². The molecule has 0 aliphatic carbocycles. The summed E-state index contributed by atoms with van der Waals surface area (Å²) in [4.78, 5) is 14.1. The molecule has 154 valence electrons. The van der Waals surface area contributed by atoms with Crippen LogP contribution in [0.1, 0.15) is 44.6 Å². The molecule has 0 aromatic heterocycles. The second kappa shape index (κ2) is 9.41. The van der Waals surface area contributed by atoms with Crippen molar-refractivity contribution in [3.05, 3.63) is 29.8 Å². The smallest absolute Gasteiger partial charge is 0.289 e. The lowest BCUT2D eigenvalue weighted by molar-refractivity contribution is -0.145. The minimum Gasteiger partial charge on any atom is -0.494 e. The lowest BCUT2D eigenvalue weighted by atomic mass is 10.0. The van der Waals surface area contributed by atoms with Gasteiger partial charge in [0.1, 0.15) is 5.75 Å². The summed E-state index contributed by atoms with van der Waals surface area (Å²) in [5.41, 5.74) is 1.08. The van der Waals surface area contributed by atoms with Crippen molar-refractivity contribution in [3.8, 4) is 5.75 Å². The van der Waals surface area contributed by atoms with Gasteiger partial charge in [-0.2, -0.15) is 10.1 Å². The van der Waals surface area contributed by atoms with Crippen LogP contribution in [0.4, 0.5) is 13.2 Å². The maximum atomic E-state index is 13.5. The molecule has 1 saturated heterocycles. The SMILES string of the molecule is CC1CCCN1CCCOc1ccc(C2=NN(C(F)C(F)F)C(=O)CC2)cc1. The van der Waals surface area contributed by atoms with E-state index in [4.69, 9.17) is 4.74 Å². The summed E-state index contributed by atoms with van der Waals surface area (Å²) >= 11 is 0. The van der Waals surface area contributed by atoms with Gasteiger partial charge in [-0.1, -0.05) is 0 Å². The van der Waals surface area contributed by atoms with E-state index in [1.165, 1.54) is 12.8 Å². The second-order valence-corrected chi connectivity index (χ2v) is 7.25. The van der Waals surface area contributed by atoms with Crippen LogP contribution in [0, 0.1) is 0 Å². The number of benzene rings is 1. The van der Waals surface area contributed by atoms with E-state index in [0.29, 0.717) is 36.1 Å². The normalized spacial score (nSPS) is 21.9. The molecule has 5 nitrogen and oxygen atoms in total. The number of alkyl halides is 3. The van der Waals surface area contributed by atoms with Crippen LogP contribution in [-0.2, 0) is 4.79 Å². The zero-order valence-corrected chi connectivity index (χ0v) is 16.0. The van der Waals surface area contributed by atoms with Crippen LogP contribution in [-0.4, -0.2) is 60.0 Å². The van der Waals surface area contributed by atoms with Crippen LogP contribution in [0.15, 0.2) is 29.4 Å². The number of hydrazone groups is 1. The number of amides is 1. The average molecular weight is 397 g/mol. The Morgan fingerprint density at radius 1 is 1.21 bits per heavy atom. The molecule has 3 rings (SSSR count). The van der Waals surface area contributed by atoms with Crippen molar-refractivity contribution >= 4 is 11.6 Å². The van der Waals surface area contributed by atoms with Gasteiger partial charge in [-0.05, 0) is 62.6 Å². The summed E-state index contributed by atoms with van der Waals surface area (Å²) in [6.07, 6.45) is -2.29. The van der Waals surface area contributed by atoms with Gasteiger partial charge in [0.25, 0.3) is 12.7 Å². The monoisotopic (exact) mass is 397 g/mol. The van der Waals surface area contributed by atoms with E-state index in [1.807, 2.05) is 0 Å². The van der Waals surface area contributed by atoms with Crippen molar-refractivity contribution in [1.29, 1.82) is 0 Å². The summed E-state index contributed by atoms with van der Waals surface area (Å²) in [5.74, 6) is -0.0256. The Hall–Kier alpha value is -2.09. The highest BCUT2D eigenvalue weighted by molar-refractivity contribution is 6.04. The number of rotatable bonds is 8. The van der Waals surface area contributed by atoms with Gasteiger partial charge in [-0.3, -0.25) is 4.79 Å². The Labute approximate surface area is 163 Å². The molecule has 1 fully saturated rings. The molecule has 0 radical (unpaired) electrons. The number of nitrogens with zero attached hydrogens (tertiary/aromatic N) is 3. The van der Waals surface area contributed by atoms with Gasteiger partial charge >= 0.3 is 0 Å².